The highest BCUT2D eigenvalue weighted by molar-refractivity contribution is 6.19. The molecule has 0 amide bonds. The first-order valence-corrected chi connectivity index (χ1v) is 11.1. The molecular weight excluding hydrogens is 398 g/mol. The van der Waals surface area contributed by atoms with Gasteiger partial charge in [-0.15, -0.1) is 0 Å². The van der Waals surface area contributed by atoms with Gasteiger partial charge in [0.05, 0.1) is 28.9 Å². The predicted molar refractivity (Wildman–Crippen MR) is 126 cm³/mol. The highest BCUT2D eigenvalue weighted by atomic mass is 16.5. The van der Waals surface area contributed by atoms with Crippen molar-refractivity contribution in [2.75, 3.05) is 26.2 Å². The van der Waals surface area contributed by atoms with Gasteiger partial charge in [-0.1, -0.05) is 42.2 Å². The Morgan fingerprint density at radius 2 is 1.91 bits per heavy atom. The molecule has 1 fully saturated rings. The Kier molecular flexibility index (Phi) is 5.21. The van der Waals surface area contributed by atoms with Gasteiger partial charge < -0.3 is 10.1 Å². The number of aliphatic imine (C=N–C) groups is 1. The van der Waals surface area contributed by atoms with Gasteiger partial charge in [-0.25, -0.2) is 0 Å². The molecule has 1 N–H and O–H groups in total. The molecule has 0 atom stereocenters. The van der Waals surface area contributed by atoms with E-state index < -0.39 is 0 Å². The molecule has 0 bridgehead atoms. The molecule has 5 heteroatoms. The van der Waals surface area contributed by atoms with Crippen molar-refractivity contribution in [2.24, 2.45) is 4.99 Å². The summed E-state index contributed by atoms with van der Waals surface area (Å²) in [6.07, 6.45) is 1.77. The molecule has 0 aromatic heterocycles. The van der Waals surface area contributed by atoms with E-state index in [0.717, 1.165) is 48.6 Å². The van der Waals surface area contributed by atoms with Crippen LogP contribution in [0.25, 0.3) is 0 Å². The molecule has 2 aromatic rings. The van der Waals surface area contributed by atoms with Gasteiger partial charge in [-0.2, -0.15) is 0 Å². The Labute approximate surface area is 189 Å². The minimum Gasteiger partial charge on any atom is -0.451 e. The number of hydrogen-bond donors (Lipinski definition) is 1. The van der Waals surface area contributed by atoms with Crippen molar-refractivity contribution in [3.63, 3.8) is 0 Å². The number of nitrogens with one attached hydrogen (secondary N) is 1. The molecule has 3 aliphatic heterocycles. The molecular formula is C27H27N3O2. The van der Waals surface area contributed by atoms with Crippen LogP contribution in [0.2, 0.25) is 0 Å². The van der Waals surface area contributed by atoms with Crippen LogP contribution in [-0.2, 0) is 6.54 Å². The SMILES string of the molecule is Cc1ccc2c(c1C#CC(C)(C)N1CCNCC1)O/C(=C\C1=NCc3ccccc31)C2=O. The number of Topliss-reactive ketones (excluding diaryl/α,β-unsaturated/α-hetero) is 1. The number of benzene rings is 2. The summed E-state index contributed by atoms with van der Waals surface area (Å²) < 4.78 is 6.12. The van der Waals surface area contributed by atoms with Crippen LogP contribution in [0.4, 0.5) is 0 Å². The summed E-state index contributed by atoms with van der Waals surface area (Å²) >= 11 is 0. The van der Waals surface area contributed by atoms with Crippen LogP contribution in [0, 0.1) is 18.8 Å². The lowest BCUT2D eigenvalue weighted by molar-refractivity contribution is 0.101. The molecule has 32 heavy (non-hydrogen) atoms. The summed E-state index contributed by atoms with van der Waals surface area (Å²) in [5, 5.41) is 3.39. The zero-order chi connectivity index (χ0) is 22.3. The summed E-state index contributed by atoms with van der Waals surface area (Å²) in [6, 6.07) is 11.9. The second-order valence-corrected chi connectivity index (χ2v) is 8.98. The third kappa shape index (κ3) is 3.66. The van der Waals surface area contributed by atoms with Gasteiger partial charge in [-0.05, 0) is 38.0 Å². The van der Waals surface area contributed by atoms with Crippen molar-refractivity contribution in [1.29, 1.82) is 0 Å². The third-order valence-corrected chi connectivity index (χ3v) is 6.43. The predicted octanol–water partition coefficient (Wildman–Crippen LogP) is 3.49. The summed E-state index contributed by atoms with van der Waals surface area (Å²) in [6.45, 7) is 10.8. The maximum Gasteiger partial charge on any atom is 0.232 e. The van der Waals surface area contributed by atoms with E-state index >= 15 is 0 Å². The van der Waals surface area contributed by atoms with Crippen molar-refractivity contribution >= 4 is 11.5 Å². The van der Waals surface area contributed by atoms with Crippen LogP contribution in [0.15, 0.2) is 53.2 Å². The van der Waals surface area contributed by atoms with E-state index in [0.29, 0.717) is 23.6 Å². The largest absolute Gasteiger partial charge is 0.451 e. The van der Waals surface area contributed by atoms with E-state index in [9.17, 15) is 4.79 Å². The quantitative estimate of drug-likeness (QED) is 0.591. The van der Waals surface area contributed by atoms with E-state index in [-0.39, 0.29) is 11.3 Å². The van der Waals surface area contributed by atoms with Gasteiger partial charge in [0, 0.05) is 37.8 Å². The minimum atomic E-state index is -0.263. The maximum absolute atomic E-state index is 13.1. The third-order valence-electron chi connectivity index (χ3n) is 6.43. The summed E-state index contributed by atoms with van der Waals surface area (Å²) in [7, 11) is 0. The monoisotopic (exact) mass is 425 g/mol. The van der Waals surface area contributed by atoms with Crippen LogP contribution >= 0.6 is 0 Å². The molecule has 0 spiro atoms. The summed E-state index contributed by atoms with van der Waals surface area (Å²) in [5.74, 6) is 7.56. The van der Waals surface area contributed by atoms with Crippen LogP contribution < -0.4 is 10.1 Å². The topological polar surface area (TPSA) is 53.9 Å². The van der Waals surface area contributed by atoms with E-state index in [1.54, 1.807) is 6.08 Å². The number of allylic oxidation sites excluding steroid dienone is 2. The van der Waals surface area contributed by atoms with Gasteiger partial charge in [0.1, 0.15) is 0 Å². The maximum atomic E-state index is 13.1. The van der Waals surface area contributed by atoms with Gasteiger partial charge in [0.25, 0.3) is 0 Å². The number of aryl methyl sites for hydroxylation is 1. The smallest absolute Gasteiger partial charge is 0.232 e. The van der Waals surface area contributed by atoms with Crippen LogP contribution in [0.5, 0.6) is 5.75 Å². The van der Waals surface area contributed by atoms with E-state index in [1.807, 2.05) is 37.3 Å². The number of fused-ring (bicyclic) bond motifs is 2. The number of carbonyl (C=O) groups excluding carboxylic acids is 1. The Hall–Kier alpha value is -3.20. The first-order chi connectivity index (χ1) is 15.4. The van der Waals surface area contributed by atoms with E-state index in [2.05, 4.69) is 47.0 Å². The molecule has 162 valence electrons. The Bertz CT molecular complexity index is 1220. The molecule has 5 nitrogen and oxygen atoms in total. The fourth-order valence-electron chi connectivity index (χ4n) is 4.43. The Morgan fingerprint density at radius 1 is 1.12 bits per heavy atom. The van der Waals surface area contributed by atoms with Crippen LogP contribution in [0.3, 0.4) is 0 Å². The zero-order valence-electron chi connectivity index (χ0n) is 18.8. The molecule has 3 aliphatic rings. The van der Waals surface area contributed by atoms with Crippen molar-refractivity contribution < 1.29 is 9.53 Å². The molecule has 0 aliphatic carbocycles. The van der Waals surface area contributed by atoms with Gasteiger partial charge in [-0.3, -0.25) is 14.7 Å². The molecule has 0 unspecified atom stereocenters. The van der Waals surface area contributed by atoms with Crippen molar-refractivity contribution in [1.82, 2.24) is 10.2 Å². The molecule has 1 saturated heterocycles. The number of hydrogen-bond acceptors (Lipinski definition) is 5. The van der Waals surface area contributed by atoms with Crippen molar-refractivity contribution in [2.45, 2.75) is 32.9 Å². The van der Waals surface area contributed by atoms with Gasteiger partial charge >= 0.3 is 0 Å². The number of ketones is 1. The summed E-state index contributed by atoms with van der Waals surface area (Å²) in [4.78, 5) is 20.1. The summed E-state index contributed by atoms with van der Waals surface area (Å²) in [5.41, 5.74) is 5.11. The van der Waals surface area contributed by atoms with Crippen molar-refractivity contribution in [3.8, 4) is 17.6 Å². The lowest BCUT2D eigenvalue weighted by Crippen LogP contribution is -2.52. The Morgan fingerprint density at radius 3 is 2.72 bits per heavy atom. The lowest BCUT2D eigenvalue weighted by Gasteiger charge is -2.37. The highest BCUT2D eigenvalue weighted by Gasteiger charge is 2.32. The average Bonchev–Trinajstić information content (AvgIpc) is 3.35. The molecule has 0 saturated carbocycles. The minimum absolute atomic E-state index is 0.114. The Balaban J connectivity index is 1.47. The molecule has 3 heterocycles. The fraction of sp³-hybridized carbons (Fsp3) is 0.333. The second kappa shape index (κ2) is 8.05. The number of piperazine rings is 1. The average molecular weight is 426 g/mol. The van der Waals surface area contributed by atoms with Crippen molar-refractivity contribution in [3.05, 3.63) is 76.1 Å². The first-order valence-electron chi connectivity index (χ1n) is 11.1. The van der Waals surface area contributed by atoms with Gasteiger partial charge in [0.2, 0.25) is 5.78 Å². The van der Waals surface area contributed by atoms with Gasteiger partial charge in [0.15, 0.2) is 11.5 Å². The molecule has 5 rings (SSSR count). The normalized spacial score (nSPS) is 19.2. The standard InChI is InChI=1S/C27H27N3O2/c1-18-8-9-22-25(31)24(16-23-21-7-5-4-6-19(21)17-29-23)32-26(22)20(18)10-11-27(2,3)30-14-12-28-13-15-30/h4-9,16,28H,12-15,17H2,1-3H3/b24-16-. The number of nitrogens with zero attached hydrogens (tertiary/aromatic N) is 2. The zero-order valence-corrected chi connectivity index (χ0v) is 18.8. The first kappa shape index (κ1) is 20.7. The second-order valence-electron chi connectivity index (χ2n) is 8.98. The number of ether oxygens (including phenoxy) is 1. The van der Waals surface area contributed by atoms with E-state index in [4.69, 9.17) is 4.74 Å². The number of rotatable bonds is 2. The highest BCUT2D eigenvalue weighted by Crippen LogP contribution is 2.36. The number of carbonyl (C=O) groups is 1. The molecule has 2 aromatic carbocycles. The van der Waals surface area contributed by atoms with Crippen LogP contribution in [-0.4, -0.2) is 48.1 Å². The van der Waals surface area contributed by atoms with E-state index in [1.165, 1.54) is 5.56 Å². The van der Waals surface area contributed by atoms with Crippen LogP contribution in [0.1, 0.15) is 46.5 Å². The lowest BCUT2D eigenvalue weighted by atomic mass is 9.98. The molecule has 0 radical (unpaired) electrons. The fourth-order valence-corrected chi connectivity index (χ4v) is 4.43.